The molecule has 0 aliphatic carbocycles. The Morgan fingerprint density at radius 3 is 2.69 bits per heavy atom. The third-order valence-corrected chi connectivity index (χ3v) is 2.02. The highest BCUT2D eigenvalue weighted by Crippen LogP contribution is 2.27. The molecule has 1 aromatic rings. The fourth-order valence-electron chi connectivity index (χ4n) is 1.25. The molecule has 0 fully saturated rings. The molecule has 0 aromatic carbocycles. The van der Waals surface area contributed by atoms with Crippen LogP contribution in [0.15, 0.2) is 6.20 Å². The van der Waals surface area contributed by atoms with Crippen LogP contribution in [0.25, 0.3) is 0 Å². The highest BCUT2D eigenvalue weighted by Gasteiger charge is 2.24. The molecule has 0 aliphatic heterocycles. The maximum Gasteiger partial charge on any atom is 0.340 e. The first-order valence-electron chi connectivity index (χ1n) is 4.59. The summed E-state index contributed by atoms with van der Waals surface area (Å²) in [5.74, 6) is -1.93. The lowest BCUT2D eigenvalue weighted by Gasteiger charge is -2.10. The zero-order valence-corrected chi connectivity index (χ0v) is 8.76. The summed E-state index contributed by atoms with van der Waals surface area (Å²) in [6.07, 6.45) is -2.18. The molecule has 88 valence electrons. The Balaban J connectivity index is 3.28. The van der Waals surface area contributed by atoms with Crippen LogP contribution in [0.3, 0.4) is 0 Å². The van der Waals surface area contributed by atoms with Crippen molar-refractivity contribution < 1.29 is 22.7 Å². The van der Waals surface area contributed by atoms with Crippen LogP contribution in [0, 0.1) is 12.9 Å². The van der Waals surface area contributed by atoms with Crippen LogP contribution in [0.1, 0.15) is 34.8 Å². The quantitative estimate of drug-likeness (QED) is 0.595. The summed E-state index contributed by atoms with van der Waals surface area (Å²) in [7, 11) is 0. The summed E-state index contributed by atoms with van der Waals surface area (Å²) in [6.45, 7) is 2.74. The maximum atomic E-state index is 13.0. The molecule has 1 heterocycles. The molecule has 3 nitrogen and oxygen atoms in total. The zero-order valence-electron chi connectivity index (χ0n) is 8.76. The van der Waals surface area contributed by atoms with Crippen molar-refractivity contribution in [2.24, 2.45) is 0 Å². The number of hydrogen-bond acceptors (Lipinski definition) is 3. The van der Waals surface area contributed by atoms with Gasteiger partial charge in [-0.25, -0.2) is 18.6 Å². The number of alkyl halides is 2. The van der Waals surface area contributed by atoms with E-state index in [1.807, 2.05) is 0 Å². The Morgan fingerprint density at radius 1 is 1.56 bits per heavy atom. The third kappa shape index (κ3) is 2.32. The first-order chi connectivity index (χ1) is 7.49. The van der Waals surface area contributed by atoms with Crippen LogP contribution >= 0.6 is 0 Å². The lowest BCUT2D eigenvalue weighted by molar-refractivity contribution is 0.0514. The van der Waals surface area contributed by atoms with Crippen molar-refractivity contribution in [3.8, 4) is 0 Å². The molecule has 1 rings (SSSR count). The number of halogens is 3. The monoisotopic (exact) mass is 233 g/mol. The van der Waals surface area contributed by atoms with Crippen LogP contribution in [-0.4, -0.2) is 17.6 Å². The lowest BCUT2D eigenvalue weighted by atomic mass is 10.1. The largest absolute Gasteiger partial charge is 0.462 e. The number of carbonyl (C=O) groups is 1. The molecule has 0 saturated heterocycles. The molecular formula is C10H10F3NO2. The summed E-state index contributed by atoms with van der Waals surface area (Å²) >= 11 is 0. The van der Waals surface area contributed by atoms with Gasteiger partial charge in [-0.2, -0.15) is 4.39 Å². The van der Waals surface area contributed by atoms with E-state index in [0.29, 0.717) is 0 Å². The fraction of sp³-hybridized carbons (Fsp3) is 0.400. The van der Waals surface area contributed by atoms with Gasteiger partial charge in [0.05, 0.1) is 12.2 Å². The van der Waals surface area contributed by atoms with E-state index in [-0.39, 0.29) is 12.2 Å². The lowest BCUT2D eigenvalue weighted by Crippen LogP contribution is -2.12. The Bertz CT molecular complexity index is 407. The predicted molar refractivity (Wildman–Crippen MR) is 49.8 cm³/mol. The number of rotatable bonds is 3. The number of hydrogen-bond donors (Lipinski definition) is 0. The van der Waals surface area contributed by atoms with Gasteiger partial charge in [0.1, 0.15) is 0 Å². The summed E-state index contributed by atoms with van der Waals surface area (Å²) in [4.78, 5) is 14.5. The van der Waals surface area contributed by atoms with Gasteiger partial charge in [0.15, 0.2) is 0 Å². The molecule has 0 spiro atoms. The van der Waals surface area contributed by atoms with Crippen molar-refractivity contribution in [1.82, 2.24) is 4.98 Å². The van der Waals surface area contributed by atoms with E-state index in [0.717, 1.165) is 13.1 Å². The van der Waals surface area contributed by atoms with Gasteiger partial charge in [0, 0.05) is 17.3 Å². The van der Waals surface area contributed by atoms with Crippen LogP contribution in [-0.2, 0) is 4.74 Å². The first-order valence-corrected chi connectivity index (χ1v) is 4.59. The standard InChI is InChI=1S/C10H10F3NO2/c1-3-16-10(15)6-4-14-9(13)5(2)7(6)8(11)12/h4,8H,3H2,1-2H3. The molecular weight excluding hydrogens is 223 g/mol. The zero-order chi connectivity index (χ0) is 12.3. The molecule has 0 amide bonds. The molecule has 16 heavy (non-hydrogen) atoms. The Morgan fingerprint density at radius 2 is 2.19 bits per heavy atom. The molecule has 6 heteroatoms. The van der Waals surface area contributed by atoms with Gasteiger partial charge < -0.3 is 4.74 Å². The van der Waals surface area contributed by atoms with Gasteiger partial charge in [-0.1, -0.05) is 0 Å². The number of nitrogens with zero attached hydrogens (tertiary/aromatic N) is 1. The van der Waals surface area contributed by atoms with E-state index in [4.69, 9.17) is 0 Å². The van der Waals surface area contributed by atoms with Gasteiger partial charge in [-0.05, 0) is 13.8 Å². The topological polar surface area (TPSA) is 39.2 Å². The van der Waals surface area contributed by atoms with E-state index in [9.17, 15) is 18.0 Å². The average Bonchev–Trinajstić information content (AvgIpc) is 2.21. The van der Waals surface area contributed by atoms with E-state index >= 15 is 0 Å². The van der Waals surface area contributed by atoms with Crippen molar-refractivity contribution >= 4 is 5.97 Å². The summed E-state index contributed by atoms with van der Waals surface area (Å²) < 4.78 is 42.9. The van der Waals surface area contributed by atoms with E-state index < -0.39 is 29.5 Å². The molecule has 0 unspecified atom stereocenters. The van der Waals surface area contributed by atoms with Gasteiger partial charge in [-0.3, -0.25) is 0 Å². The molecule has 0 aliphatic rings. The van der Waals surface area contributed by atoms with Crippen molar-refractivity contribution in [3.63, 3.8) is 0 Å². The number of carbonyl (C=O) groups excluding carboxylic acids is 1. The van der Waals surface area contributed by atoms with Crippen LogP contribution in [0.2, 0.25) is 0 Å². The second-order valence-electron chi connectivity index (χ2n) is 3.02. The summed E-state index contributed by atoms with van der Waals surface area (Å²) in [6, 6.07) is 0. The number of aromatic nitrogens is 1. The van der Waals surface area contributed by atoms with Gasteiger partial charge in [0.2, 0.25) is 5.95 Å². The van der Waals surface area contributed by atoms with Crippen LogP contribution in [0.5, 0.6) is 0 Å². The number of pyridine rings is 1. The minimum Gasteiger partial charge on any atom is -0.462 e. The third-order valence-electron chi connectivity index (χ3n) is 2.02. The fourth-order valence-corrected chi connectivity index (χ4v) is 1.25. The van der Waals surface area contributed by atoms with Crippen LogP contribution in [0.4, 0.5) is 13.2 Å². The molecule has 0 N–H and O–H groups in total. The molecule has 0 radical (unpaired) electrons. The van der Waals surface area contributed by atoms with Gasteiger partial charge in [-0.15, -0.1) is 0 Å². The number of ether oxygens (including phenoxy) is 1. The minimum absolute atomic E-state index is 0.0535. The van der Waals surface area contributed by atoms with Crippen molar-refractivity contribution in [2.75, 3.05) is 6.61 Å². The van der Waals surface area contributed by atoms with Crippen molar-refractivity contribution in [3.05, 3.63) is 28.8 Å². The summed E-state index contributed by atoms with van der Waals surface area (Å²) in [5.41, 5.74) is -1.39. The Labute approximate surface area is 90.2 Å². The van der Waals surface area contributed by atoms with E-state index in [1.54, 1.807) is 6.92 Å². The second-order valence-corrected chi connectivity index (χ2v) is 3.02. The molecule has 0 atom stereocenters. The molecule has 0 bridgehead atoms. The second kappa shape index (κ2) is 4.96. The van der Waals surface area contributed by atoms with Crippen LogP contribution < -0.4 is 0 Å². The molecule has 0 saturated carbocycles. The van der Waals surface area contributed by atoms with Crippen molar-refractivity contribution in [1.29, 1.82) is 0 Å². The maximum absolute atomic E-state index is 13.0. The predicted octanol–water partition coefficient (Wildman–Crippen LogP) is 2.64. The first kappa shape index (κ1) is 12.5. The van der Waals surface area contributed by atoms with Crippen molar-refractivity contribution in [2.45, 2.75) is 20.3 Å². The summed E-state index contributed by atoms with van der Waals surface area (Å²) in [5, 5.41) is 0. The highest BCUT2D eigenvalue weighted by molar-refractivity contribution is 5.91. The van der Waals surface area contributed by atoms with Gasteiger partial charge in [0.25, 0.3) is 6.43 Å². The number of esters is 1. The highest BCUT2D eigenvalue weighted by atomic mass is 19.3. The average molecular weight is 233 g/mol. The van der Waals surface area contributed by atoms with Gasteiger partial charge >= 0.3 is 5.97 Å². The minimum atomic E-state index is -2.95. The smallest absolute Gasteiger partial charge is 0.340 e. The SMILES string of the molecule is CCOC(=O)c1cnc(F)c(C)c1C(F)F. The Kier molecular flexibility index (Phi) is 3.87. The van der Waals surface area contributed by atoms with E-state index in [2.05, 4.69) is 9.72 Å². The van der Waals surface area contributed by atoms with E-state index in [1.165, 1.54) is 0 Å². The Hall–Kier alpha value is -1.59. The molecule has 1 aromatic heterocycles. The normalized spacial score (nSPS) is 10.6.